The molecule has 0 aromatic rings. The third-order valence-electron chi connectivity index (χ3n) is 1.66. The molecule has 0 radical (unpaired) electrons. The van der Waals surface area contributed by atoms with Crippen LogP contribution >= 0.6 is 0 Å². The lowest BCUT2D eigenvalue weighted by Gasteiger charge is -2.18. The summed E-state index contributed by atoms with van der Waals surface area (Å²) in [6, 6.07) is 0. The highest BCUT2D eigenvalue weighted by Gasteiger charge is 2.24. The summed E-state index contributed by atoms with van der Waals surface area (Å²) in [4.78, 5) is 11.3. The van der Waals surface area contributed by atoms with E-state index in [1.807, 2.05) is 20.8 Å². The van der Waals surface area contributed by atoms with Gasteiger partial charge in [-0.05, 0) is 20.8 Å². The summed E-state index contributed by atoms with van der Waals surface area (Å²) < 4.78 is 4.84. The lowest BCUT2D eigenvalue weighted by atomic mass is 9.94. The molecule has 0 saturated heterocycles. The van der Waals surface area contributed by atoms with Crippen LogP contribution in [0.1, 0.15) is 41.5 Å². The van der Waals surface area contributed by atoms with Crippen LogP contribution in [0.2, 0.25) is 0 Å². The molecule has 0 unspecified atom stereocenters. The van der Waals surface area contributed by atoms with Crippen molar-refractivity contribution in [3.8, 4) is 0 Å². The smallest absolute Gasteiger partial charge is 0.316 e. The van der Waals surface area contributed by atoms with Gasteiger partial charge in [-0.1, -0.05) is 20.8 Å². The van der Waals surface area contributed by atoms with E-state index in [2.05, 4.69) is 0 Å². The molecule has 82 valence electrons. The van der Waals surface area contributed by atoms with Crippen LogP contribution in [0.4, 0.5) is 0 Å². The molecule has 0 amide bonds. The van der Waals surface area contributed by atoms with Crippen LogP contribution in [0.15, 0.2) is 12.0 Å². The fourth-order valence-electron chi connectivity index (χ4n) is 0.463. The minimum atomic E-state index is -0.547. The number of allylic oxidation sites excluding steroid dienone is 1. The Bertz CT molecular complexity index is 238. The Morgan fingerprint density at radius 2 is 1.50 bits per heavy atom. The fourth-order valence-corrected chi connectivity index (χ4v) is 0.463. The highest BCUT2D eigenvalue weighted by atomic mass is 16.5. The molecule has 0 saturated carbocycles. The van der Waals surface area contributed by atoms with Gasteiger partial charge in [-0.15, -0.1) is 0 Å². The largest absolute Gasteiger partial charge is 0.509 e. The highest BCUT2D eigenvalue weighted by Crippen LogP contribution is 2.23. The van der Waals surface area contributed by atoms with Crippen LogP contribution in [-0.2, 0) is 9.53 Å². The third kappa shape index (κ3) is 4.30. The van der Waals surface area contributed by atoms with Crippen LogP contribution in [0.5, 0.6) is 0 Å². The van der Waals surface area contributed by atoms with Gasteiger partial charge in [-0.25, -0.2) is 0 Å². The maximum Gasteiger partial charge on any atom is 0.316 e. The van der Waals surface area contributed by atoms with Crippen molar-refractivity contribution in [1.82, 2.24) is 0 Å². The molecule has 0 rings (SSSR count). The summed E-state index contributed by atoms with van der Waals surface area (Å²) in [5, 5.41) is 9.48. The maximum absolute atomic E-state index is 11.3. The molecule has 3 nitrogen and oxygen atoms in total. The molecular formula is C11H20O3. The average molecular weight is 200 g/mol. The molecule has 0 aliphatic rings. The van der Waals surface area contributed by atoms with Gasteiger partial charge < -0.3 is 9.84 Å². The van der Waals surface area contributed by atoms with Crippen molar-refractivity contribution in [3.05, 3.63) is 12.0 Å². The van der Waals surface area contributed by atoms with E-state index >= 15 is 0 Å². The van der Waals surface area contributed by atoms with E-state index in [4.69, 9.17) is 4.74 Å². The number of aliphatic hydroxyl groups excluding tert-OH is 1. The van der Waals surface area contributed by atoms with Gasteiger partial charge in [0.2, 0.25) is 0 Å². The number of ether oxygens (including phenoxy) is 1. The number of carbonyl (C=O) groups excluding carboxylic acids is 1. The quantitative estimate of drug-likeness (QED) is 0.522. The van der Waals surface area contributed by atoms with Gasteiger partial charge in [-0.2, -0.15) is 0 Å². The number of rotatable bonds is 1. The fraction of sp³-hybridized carbons (Fsp3) is 0.727. The second-order valence-corrected chi connectivity index (χ2v) is 5.41. The first-order valence-electron chi connectivity index (χ1n) is 4.66. The molecule has 0 heterocycles. The van der Waals surface area contributed by atoms with Crippen LogP contribution in [0.3, 0.4) is 0 Å². The first-order chi connectivity index (χ1) is 6.05. The van der Waals surface area contributed by atoms with E-state index < -0.39 is 10.8 Å². The van der Waals surface area contributed by atoms with Crippen LogP contribution in [0, 0.1) is 10.8 Å². The zero-order valence-electron chi connectivity index (χ0n) is 9.84. The summed E-state index contributed by atoms with van der Waals surface area (Å²) in [7, 11) is 0. The van der Waals surface area contributed by atoms with Gasteiger partial charge in [0.1, 0.15) is 12.0 Å². The van der Waals surface area contributed by atoms with Crippen LogP contribution in [0.25, 0.3) is 0 Å². The lowest BCUT2D eigenvalue weighted by molar-refractivity contribution is -0.147. The molecule has 0 atom stereocenters. The van der Waals surface area contributed by atoms with E-state index in [0.29, 0.717) is 0 Å². The van der Waals surface area contributed by atoms with Crippen molar-refractivity contribution >= 4 is 5.97 Å². The monoisotopic (exact) mass is 200 g/mol. The number of hydrogen-bond acceptors (Lipinski definition) is 3. The van der Waals surface area contributed by atoms with Gasteiger partial charge in [0.05, 0.1) is 5.41 Å². The minimum absolute atomic E-state index is 0.0649. The molecule has 0 spiro atoms. The second-order valence-electron chi connectivity index (χ2n) is 5.41. The number of hydrogen-bond donors (Lipinski definition) is 1. The molecular weight excluding hydrogens is 180 g/mol. The van der Waals surface area contributed by atoms with Crippen molar-refractivity contribution < 1.29 is 14.6 Å². The Morgan fingerprint density at radius 1 is 1.07 bits per heavy atom. The predicted octanol–water partition coefficient (Wildman–Crippen LogP) is 3.02. The first-order valence-corrected chi connectivity index (χ1v) is 4.66. The molecule has 0 fully saturated rings. The van der Waals surface area contributed by atoms with Crippen molar-refractivity contribution in [1.29, 1.82) is 0 Å². The van der Waals surface area contributed by atoms with Crippen LogP contribution < -0.4 is 0 Å². The van der Waals surface area contributed by atoms with E-state index in [0.717, 1.165) is 6.26 Å². The standard InChI is InChI=1S/C11H20O3/c1-10(2,3)8(12)7-14-9(13)11(4,5)6/h7,12H,1-6H3. The number of esters is 1. The van der Waals surface area contributed by atoms with Crippen molar-refractivity contribution in [2.75, 3.05) is 0 Å². The molecule has 0 aliphatic heterocycles. The summed E-state index contributed by atoms with van der Waals surface area (Å²) in [6.07, 6.45) is 1.12. The molecule has 1 N–H and O–H groups in total. The Balaban J connectivity index is 4.39. The van der Waals surface area contributed by atoms with Gasteiger partial charge in [0, 0.05) is 5.41 Å². The molecule has 0 aromatic heterocycles. The predicted molar refractivity (Wildman–Crippen MR) is 55.7 cm³/mol. The minimum Gasteiger partial charge on any atom is -0.509 e. The zero-order valence-corrected chi connectivity index (χ0v) is 9.84. The van der Waals surface area contributed by atoms with E-state index in [9.17, 15) is 9.90 Å². The first kappa shape index (κ1) is 13.0. The average Bonchev–Trinajstić information content (AvgIpc) is 1.95. The van der Waals surface area contributed by atoms with Crippen molar-refractivity contribution in [3.63, 3.8) is 0 Å². The van der Waals surface area contributed by atoms with E-state index in [1.165, 1.54) is 0 Å². The number of carbonyl (C=O) groups is 1. The zero-order chi connectivity index (χ0) is 11.6. The molecule has 0 bridgehead atoms. The highest BCUT2D eigenvalue weighted by molar-refractivity contribution is 5.75. The Labute approximate surface area is 85.8 Å². The molecule has 0 aliphatic carbocycles. The SMILES string of the molecule is CC(C)(C)C(=O)OC=C(O)C(C)(C)C. The van der Waals surface area contributed by atoms with Gasteiger partial charge in [0.15, 0.2) is 0 Å². The summed E-state index contributed by atoms with van der Waals surface area (Å²) in [5.41, 5.74) is -0.938. The molecule has 0 aromatic carbocycles. The van der Waals surface area contributed by atoms with Gasteiger partial charge in [0.25, 0.3) is 0 Å². The Kier molecular flexibility index (Phi) is 3.74. The summed E-state index contributed by atoms with van der Waals surface area (Å²) in [5.74, 6) is -0.289. The Morgan fingerprint density at radius 3 is 1.79 bits per heavy atom. The normalized spacial score (nSPS) is 14.0. The number of aliphatic hydroxyl groups is 1. The van der Waals surface area contributed by atoms with Gasteiger partial charge >= 0.3 is 5.97 Å². The summed E-state index contributed by atoms with van der Waals surface area (Å²) in [6.45, 7) is 10.8. The van der Waals surface area contributed by atoms with E-state index in [-0.39, 0.29) is 11.7 Å². The second kappa shape index (κ2) is 4.03. The Hall–Kier alpha value is -0.990. The topological polar surface area (TPSA) is 46.5 Å². The third-order valence-corrected chi connectivity index (χ3v) is 1.66. The lowest BCUT2D eigenvalue weighted by Crippen LogP contribution is -2.21. The van der Waals surface area contributed by atoms with Gasteiger partial charge in [-0.3, -0.25) is 4.79 Å². The molecule has 3 heteroatoms. The molecule has 14 heavy (non-hydrogen) atoms. The van der Waals surface area contributed by atoms with Crippen molar-refractivity contribution in [2.24, 2.45) is 10.8 Å². The maximum atomic E-state index is 11.3. The van der Waals surface area contributed by atoms with Crippen LogP contribution in [-0.4, -0.2) is 11.1 Å². The summed E-state index contributed by atoms with van der Waals surface area (Å²) >= 11 is 0. The van der Waals surface area contributed by atoms with Crippen molar-refractivity contribution in [2.45, 2.75) is 41.5 Å². The van der Waals surface area contributed by atoms with E-state index in [1.54, 1.807) is 20.8 Å².